The molecule has 1 aromatic carbocycles. The van der Waals surface area contributed by atoms with Crippen LogP contribution in [0.3, 0.4) is 0 Å². The lowest BCUT2D eigenvalue weighted by Crippen LogP contribution is -2.52. The number of thioether (sulfide) groups is 1. The SMILES string of the molecule is O=C1CCC(N2Cc3c(SCCCCCCCCCCCCN4CCCCC4)cccc3C2=O)C(=O)N1. The molecule has 2 fully saturated rings. The molecule has 2 saturated heterocycles. The van der Waals surface area contributed by atoms with Gasteiger partial charge in [0, 0.05) is 23.4 Å². The monoisotopic (exact) mass is 527 g/mol. The molecule has 1 atom stereocenters. The molecule has 204 valence electrons. The molecule has 37 heavy (non-hydrogen) atoms. The summed E-state index contributed by atoms with van der Waals surface area (Å²) in [6.07, 6.45) is 18.3. The summed E-state index contributed by atoms with van der Waals surface area (Å²) in [4.78, 5) is 42.2. The van der Waals surface area contributed by atoms with Crippen molar-refractivity contribution in [2.75, 3.05) is 25.4 Å². The molecule has 3 aliphatic heterocycles. The van der Waals surface area contributed by atoms with Crippen LogP contribution < -0.4 is 5.32 Å². The number of carbonyl (C=O) groups is 3. The van der Waals surface area contributed by atoms with Gasteiger partial charge in [0.15, 0.2) is 0 Å². The van der Waals surface area contributed by atoms with Gasteiger partial charge in [-0.15, -0.1) is 11.8 Å². The topological polar surface area (TPSA) is 69.7 Å². The summed E-state index contributed by atoms with van der Waals surface area (Å²) in [7, 11) is 0. The smallest absolute Gasteiger partial charge is 0.255 e. The lowest BCUT2D eigenvalue weighted by atomic mass is 10.0. The second-order valence-electron chi connectivity index (χ2n) is 11.0. The van der Waals surface area contributed by atoms with E-state index in [1.54, 1.807) is 4.90 Å². The minimum absolute atomic E-state index is 0.0889. The summed E-state index contributed by atoms with van der Waals surface area (Å²) in [6.45, 7) is 4.43. The van der Waals surface area contributed by atoms with Crippen molar-refractivity contribution >= 4 is 29.5 Å². The van der Waals surface area contributed by atoms with Crippen LogP contribution in [0, 0.1) is 0 Å². The Hall–Kier alpha value is -1.86. The fourth-order valence-corrected chi connectivity index (χ4v) is 7.00. The average molecular weight is 528 g/mol. The van der Waals surface area contributed by atoms with Crippen molar-refractivity contribution in [2.45, 2.75) is 114 Å². The normalized spacial score (nSPS) is 20.4. The highest BCUT2D eigenvalue weighted by atomic mass is 32.2. The molecule has 0 aliphatic carbocycles. The number of unbranched alkanes of at least 4 members (excludes halogenated alkanes) is 9. The molecule has 7 heteroatoms. The number of rotatable bonds is 15. The summed E-state index contributed by atoms with van der Waals surface area (Å²) in [5, 5.41) is 2.38. The first-order valence-electron chi connectivity index (χ1n) is 14.7. The van der Waals surface area contributed by atoms with Crippen molar-refractivity contribution in [3.8, 4) is 0 Å². The number of hydrogen-bond donors (Lipinski definition) is 1. The first kappa shape index (κ1) is 28.2. The molecule has 4 rings (SSSR count). The Morgan fingerprint density at radius 2 is 1.51 bits per heavy atom. The zero-order valence-corrected chi connectivity index (χ0v) is 23.3. The number of benzene rings is 1. The van der Waals surface area contributed by atoms with E-state index in [-0.39, 0.29) is 24.1 Å². The number of fused-ring (bicyclic) bond motifs is 1. The first-order valence-corrected chi connectivity index (χ1v) is 15.7. The lowest BCUT2D eigenvalue weighted by Gasteiger charge is -2.29. The van der Waals surface area contributed by atoms with E-state index < -0.39 is 6.04 Å². The Morgan fingerprint density at radius 1 is 0.838 bits per heavy atom. The number of hydrogen-bond acceptors (Lipinski definition) is 5. The summed E-state index contributed by atoms with van der Waals surface area (Å²) in [5.74, 6) is 0.369. The van der Waals surface area contributed by atoms with Crippen LogP contribution in [-0.2, 0) is 16.1 Å². The Labute approximate surface area is 227 Å². The minimum Gasteiger partial charge on any atom is -0.322 e. The van der Waals surface area contributed by atoms with Crippen molar-refractivity contribution < 1.29 is 14.4 Å². The van der Waals surface area contributed by atoms with E-state index in [2.05, 4.69) is 16.3 Å². The van der Waals surface area contributed by atoms with Crippen molar-refractivity contribution in [1.29, 1.82) is 0 Å². The van der Waals surface area contributed by atoms with E-state index >= 15 is 0 Å². The standard InChI is InChI=1S/C30H45N3O3S/c34-28-18-17-26(29(35)31-28)33-23-25-24(30(33)36)15-14-16-27(25)37-22-13-8-6-4-2-1-3-5-7-10-19-32-20-11-9-12-21-32/h14-16,26H,1-13,17-23H2,(H,31,34,35). The zero-order chi connectivity index (χ0) is 25.9. The van der Waals surface area contributed by atoms with E-state index in [9.17, 15) is 14.4 Å². The molecule has 1 aromatic rings. The second kappa shape index (κ2) is 14.9. The van der Waals surface area contributed by atoms with Gasteiger partial charge in [0.2, 0.25) is 11.8 Å². The van der Waals surface area contributed by atoms with Gasteiger partial charge in [-0.1, -0.05) is 63.9 Å². The van der Waals surface area contributed by atoms with Gasteiger partial charge in [-0.05, 0) is 75.2 Å². The number of amides is 3. The molecule has 0 aromatic heterocycles. The number of nitrogens with one attached hydrogen (secondary N) is 1. The van der Waals surface area contributed by atoms with Gasteiger partial charge in [-0.3, -0.25) is 19.7 Å². The van der Waals surface area contributed by atoms with E-state index in [4.69, 9.17) is 0 Å². The predicted octanol–water partition coefficient (Wildman–Crippen LogP) is 5.93. The lowest BCUT2D eigenvalue weighted by molar-refractivity contribution is -0.136. The van der Waals surface area contributed by atoms with Gasteiger partial charge in [0.25, 0.3) is 5.91 Å². The quantitative estimate of drug-likeness (QED) is 0.174. The summed E-state index contributed by atoms with van der Waals surface area (Å²) >= 11 is 1.83. The van der Waals surface area contributed by atoms with Gasteiger partial charge >= 0.3 is 0 Å². The highest BCUT2D eigenvalue weighted by Crippen LogP contribution is 2.34. The summed E-state index contributed by atoms with van der Waals surface area (Å²) < 4.78 is 0. The number of nitrogens with zero attached hydrogens (tertiary/aromatic N) is 2. The molecule has 1 unspecified atom stereocenters. The van der Waals surface area contributed by atoms with Crippen LogP contribution in [0.4, 0.5) is 0 Å². The molecule has 0 spiro atoms. The number of likely N-dealkylation sites (tertiary alicyclic amines) is 1. The fourth-order valence-electron chi connectivity index (χ4n) is 5.91. The van der Waals surface area contributed by atoms with Crippen molar-refractivity contribution in [3.63, 3.8) is 0 Å². The van der Waals surface area contributed by atoms with Crippen LogP contribution in [0.1, 0.15) is 112 Å². The highest BCUT2D eigenvalue weighted by molar-refractivity contribution is 7.99. The van der Waals surface area contributed by atoms with Crippen LogP contribution in [0.5, 0.6) is 0 Å². The van der Waals surface area contributed by atoms with Crippen LogP contribution >= 0.6 is 11.8 Å². The van der Waals surface area contributed by atoms with Gasteiger partial charge in [0.1, 0.15) is 6.04 Å². The molecule has 0 radical (unpaired) electrons. The maximum atomic E-state index is 13.0. The molecule has 6 nitrogen and oxygen atoms in total. The van der Waals surface area contributed by atoms with Gasteiger partial charge in [0.05, 0.1) is 0 Å². The third-order valence-corrected chi connectivity index (χ3v) is 9.30. The van der Waals surface area contributed by atoms with Gasteiger partial charge in [-0.2, -0.15) is 0 Å². The molecular weight excluding hydrogens is 482 g/mol. The van der Waals surface area contributed by atoms with Gasteiger partial charge < -0.3 is 9.80 Å². The Bertz CT molecular complexity index is 915. The molecular formula is C30H45N3O3S. The van der Waals surface area contributed by atoms with Crippen LogP contribution in [-0.4, -0.2) is 59.0 Å². The second-order valence-corrected chi connectivity index (χ2v) is 12.1. The first-order chi connectivity index (χ1) is 18.1. The van der Waals surface area contributed by atoms with Crippen molar-refractivity contribution in [2.24, 2.45) is 0 Å². The minimum atomic E-state index is -0.546. The number of imide groups is 1. The molecule has 0 saturated carbocycles. The van der Waals surface area contributed by atoms with Crippen LogP contribution in [0.15, 0.2) is 23.1 Å². The van der Waals surface area contributed by atoms with E-state index in [0.29, 0.717) is 18.5 Å². The largest absolute Gasteiger partial charge is 0.322 e. The van der Waals surface area contributed by atoms with Crippen molar-refractivity contribution in [1.82, 2.24) is 15.1 Å². The summed E-state index contributed by atoms with van der Waals surface area (Å²) in [6, 6.07) is 5.36. The molecule has 0 bridgehead atoms. The van der Waals surface area contributed by atoms with E-state index in [1.165, 1.54) is 103 Å². The van der Waals surface area contributed by atoms with Crippen LogP contribution in [0.2, 0.25) is 0 Å². The van der Waals surface area contributed by atoms with E-state index in [1.807, 2.05) is 23.9 Å². The molecule has 3 heterocycles. The highest BCUT2D eigenvalue weighted by Gasteiger charge is 2.39. The third-order valence-electron chi connectivity index (χ3n) is 8.11. The molecule has 3 amide bonds. The number of piperidine rings is 2. The average Bonchev–Trinajstić information content (AvgIpc) is 3.24. The maximum absolute atomic E-state index is 13.0. The molecule has 1 N–H and O–H groups in total. The number of carbonyl (C=O) groups excluding carboxylic acids is 3. The third kappa shape index (κ3) is 8.31. The maximum Gasteiger partial charge on any atom is 0.255 e. The van der Waals surface area contributed by atoms with Crippen molar-refractivity contribution in [3.05, 3.63) is 29.3 Å². The van der Waals surface area contributed by atoms with Gasteiger partial charge in [-0.25, -0.2) is 0 Å². The van der Waals surface area contributed by atoms with Crippen LogP contribution in [0.25, 0.3) is 0 Å². The van der Waals surface area contributed by atoms with E-state index in [0.717, 1.165) is 16.2 Å². The Balaban J connectivity index is 1.04. The Kier molecular flexibility index (Phi) is 11.3. The summed E-state index contributed by atoms with van der Waals surface area (Å²) in [5.41, 5.74) is 1.75. The Morgan fingerprint density at radius 3 is 2.22 bits per heavy atom. The predicted molar refractivity (Wildman–Crippen MR) is 150 cm³/mol. The fraction of sp³-hybridized carbons (Fsp3) is 0.700. The molecule has 3 aliphatic rings. The zero-order valence-electron chi connectivity index (χ0n) is 22.5.